The second-order valence-electron chi connectivity index (χ2n) is 9.75. The molecule has 2 aliphatic rings. The molecular weight excluding hydrogens is 422 g/mol. The Morgan fingerprint density at radius 1 is 1.12 bits per heavy atom. The third-order valence-electron chi connectivity index (χ3n) is 7.97. The lowest BCUT2D eigenvalue weighted by Gasteiger charge is -2.42. The number of hydrogen-bond donors (Lipinski definition) is 2. The van der Waals surface area contributed by atoms with Crippen molar-refractivity contribution in [3.63, 3.8) is 0 Å². The summed E-state index contributed by atoms with van der Waals surface area (Å²) >= 11 is 0. The minimum absolute atomic E-state index is 0.0569. The molecule has 3 N–H and O–H groups in total. The first kappa shape index (κ1) is 20.9. The second-order valence-corrected chi connectivity index (χ2v) is 9.75. The lowest BCUT2D eigenvalue weighted by Crippen LogP contribution is -2.46. The number of piperidine rings is 1. The number of nitrogens with one attached hydrogen (secondary N) is 1. The number of anilines is 1. The van der Waals surface area contributed by atoms with Crippen molar-refractivity contribution in [2.45, 2.75) is 25.3 Å². The van der Waals surface area contributed by atoms with Gasteiger partial charge in [0.2, 0.25) is 5.95 Å². The third-order valence-corrected chi connectivity index (χ3v) is 7.97. The van der Waals surface area contributed by atoms with Gasteiger partial charge < -0.3 is 15.6 Å². The van der Waals surface area contributed by atoms with Gasteiger partial charge in [-0.25, -0.2) is 0 Å². The number of benzene rings is 2. The Labute approximate surface area is 198 Å². The highest BCUT2D eigenvalue weighted by molar-refractivity contribution is 5.94. The molecular formula is C28H29N5O. The molecule has 3 heterocycles. The summed E-state index contributed by atoms with van der Waals surface area (Å²) in [6.45, 7) is 5.91. The Morgan fingerprint density at radius 2 is 1.82 bits per heavy atom. The number of aromatic nitrogens is 3. The molecule has 0 radical (unpaired) electrons. The highest BCUT2D eigenvalue weighted by atomic mass is 16.1. The highest BCUT2D eigenvalue weighted by Gasteiger charge is 2.46. The highest BCUT2D eigenvalue weighted by Crippen LogP contribution is 2.50. The van der Waals surface area contributed by atoms with Gasteiger partial charge in [-0.3, -0.25) is 9.36 Å². The van der Waals surface area contributed by atoms with E-state index < -0.39 is 0 Å². The molecule has 34 heavy (non-hydrogen) atoms. The van der Waals surface area contributed by atoms with Crippen molar-refractivity contribution in [3.8, 4) is 0 Å². The smallest absolute Gasteiger partial charge is 0.264 e. The van der Waals surface area contributed by atoms with E-state index in [-0.39, 0.29) is 17.0 Å². The predicted octanol–water partition coefficient (Wildman–Crippen LogP) is 4.17. The van der Waals surface area contributed by atoms with E-state index in [4.69, 9.17) is 10.7 Å². The number of hydrogen-bond acceptors (Lipinski definition) is 4. The van der Waals surface area contributed by atoms with Crippen LogP contribution in [0.3, 0.4) is 0 Å². The maximum atomic E-state index is 13.5. The van der Waals surface area contributed by atoms with E-state index in [0.717, 1.165) is 49.1 Å². The van der Waals surface area contributed by atoms with Crippen LogP contribution in [0.1, 0.15) is 41.1 Å². The molecule has 6 nitrogen and oxygen atoms in total. The van der Waals surface area contributed by atoms with Crippen molar-refractivity contribution in [3.05, 3.63) is 100.0 Å². The van der Waals surface area contributed by atoms with Crippen LogP contribution in [-0.2, 0) is 13.5 Å². The van der Waals surface area contributed by atoms with Gasteiger partial charge in [0.1, 0.15) is 5.65 Å². The fourth-order valence-corrected chi connectivity index (χ4v) is 5.92. The van der Waals surface area contributed by atoms with Crippen molar-refractivity contribution in [2.24, 2.45) is 18.2 Å². The minimum atomic E-state index is -0.0569. The molecule has 172 valence electrons. The molecule has 0 saturated carbocycles. The summed E-state index contributed by atoms with van der Waals surface area (Å²) < 4.78 is 1.68. The van der Waals surface area contributed by atoms with Gasteiger partial charge in [0, 0.05) is 37.9 Å². The molecule has 0 unspecified atom stereocenters. The van der Waals surface area contributed by atoms with E-state index in [1.54, 1.807) is 4.57 Å². The van der Waals surface area contributed by atoms with Gasteiger partial charge in [-0.1, -0.05) is 61.2 Å². The average molecular weight is 452 g/mol. The topological polar surface area (TPSA) is 79.9 Å². The van der Waals surface area contributed by atoms with E-state index in [2.05, 4.69) is 40.7 Å². The van der Waals surface area contributed by atoms with Crippen molar-refractivity contribution < 1.29 is 0 Å². The SMILES string of the molecule is C=C(c1ccccc1)c1c[nH]c2nc(N3CCC4(CC3)Cc3ccccc3[C@H]4N)n(C)c(=O)c12. The molecule has 1 aliphatic heterocycles. The number of nitrogens with zero attached hydrogens (tertiary/aromatic N) is 3. The average Bonchev–Trinajstić information content (AvgIpc) is 3.42. The zero-order valence-corrected chi connectivity index (χ0v) is 19.4. The van der Waals surface area contributed by atoms with Gasteiger partial charge in [0.05, 0.1) is 5.39 Å². The molecule has 2 aromatic heterocycles. The fourth-order valence-electron chi connectivity index (χ4n) is 5.92. The molecule has 1 saturated heterocycles. The number of nitrogens with two attached hydrogens (primary N) is 1. The predicted molar refractivity (Wildman–Crippen MR) is 137 cm³/mol. The first-order valence-electron chi connectivity index (χ1n) is 11.9. The van der Waals surface area contributed by atoms with Crippen molar-refractivity contribution in [1.29, 1.82) is 0 Å². The summed E-state index contributed by atoms with van der Waals surface area (Å²) in [6, 6.07) is 18.6. The third kappa shape index (κ3) is 3.06. The monoisotopic (exact) mass is 451 g/mol. The van der Waals surface area contributed by atoms with Gasteiger partial charge >= 0.3 is 0 Å². The zero-order chi connectivity index (χ0) is 23.4. The normalized spacial score (nSPS) is 19.0. The van der Waals surface area contributed by atoms with Gasteiger partial charge in [-0.2, -0.15) is 4.98 Å². The Bertz CT molecular complexity index is 1460. The molecule has 1 aliphatic carbocycles. The van der Waals surface area contributed by atoms with E-state index in [9.17, 15) is 4.79 Å². The zero-order valence-electron chi connectivity index (χ0n) is 19.4. The van der Waals surface area contributed by atoms with Gasteiger partial charge in [0.25, 0.3) is 5.56 Å². The van der Waals surface area contributed by atoms with Crippen molar-refractivity contribution in [2.75, 3.05) is 18.0 Å². The molecule has 1 atom stereocenters. The summed E-state index contributed by atoms with van der Waals surface area (Å²) in [5, 5.41) is 0.585. The Balaban J connectivity index is 1.30. The second kappa shape index (κ2) is 7.71. The fraction of sp³-hybridized carbons (Fsp3) is 0.286. The van der Waals surface area contributed by atoms with Crippen LogP contribution >= 0.6 is 0 Å². The molecule has 6 rings (SSSR count). The first-order valence-corrected chi connectivity index (χ1v) is 11.9. The summed E-state index contributed by atoms with van der Waals surface area (Å²) in [5.41, 5.74) is 12.7. The maximum absolute atomic E-state index is 13.5. The molecule has 4 aromatic rings. The summed E-state index contributed by atoms with van der Waals surface area (Å²) in [7, 11) is 1.81. The van der Waals surface area contributed by atoms with Gasteiger partial charge in [0.15, 0.2) is 0 Å². The van der Waals surface area contributed by atoms with Gasteiger partial charge in [-0.15, -0.1) is 0 Å². The molecule has 1 spiro atoms. The van der Waals surface area contributed by atoms with E-state index in [1.807, 2.05) is 43.6 Å². The van der Waals surface area contributed by atoms with Crippen LogP contribution in [0.2, 0.25) is 0 Å². The molecule has 0 bridgehead atoms. The largest absolute Gasteiger partial charge is 0.345 e. The molecule has 2 aromatic carbocycles. The quantitative estimate of drug-likeness (QED) is 0.490. The van der Waals surface area contributed by atoms with Crippen LogP contribution in [0.4, 0.5) is 5.95 Å². The Hall–Kier alpha value is -3.64. The standard InChI is InChI=1S/C28H29N5O/c1-18(19-8-4-3-5-9-19)22-17-30-25-23(22)26(34)32(2)27(31-25)33-14-12-28(13-15-33)16-20-10-6-7-11-21(20)24(28)29/h3-11,17,24,30H,1,12-16,29H2,2H3/t24-/m1/s1. The summed E-state index contributed by atoms with van der Waals surface area (Å²) in [6.07, 6.45) is 4.85. The lowest BCUT2D eigenvalue weighted by molar-refractivity contribution is 0.186. The van der Waals surface area contributed by atoms with Gasteiger partial charge in [-0.05, 0) is 46.9 Å². The number of rotatable bonds is 3. The number of aromatic amines is 1. The van der Waals surface area contributed by atoms with Crippen LogP contribution < -0.4 is 16.2 Å². The van der Waals surface area contributed by atoms with E-state index in [0.29, 0.717) is 17.0 Å². The van der Waals surface area contributed by atoms with Crippen molar-refractivity contribution >= 4 is 22.6 Å². The van der Waals surface area contributed by atoms with Crippen LogP contribution in [-0.4, -0.2) is 27.6 Å². The summed E-state index contributed by atoms with van der Waals surface area (Å²) in [5.74, 6) is 0.704. The summed E-state index contributed by atoms with van der Waals surface area (Å²) in [4.78, 5) is 23.8. The molecule has 0 amide bonds. The van der Waals surface area contributed by atoms with Crippen LogP contribution in [0.15, 0.2) is 72.2 Å². The number of fused-ring (bicyclic) bond motifs is 2. The van der Waals surface area contributed by atoms with E-state index in [1.165, 1.54) is 11.1 Å². The van der Waals surface area contributed by atoms with Crippen molar-refractivity contribution in [1.82, 2.24) is 14.5 Å². The van der Waals surface area contributed by atoms with Crippen LogP contribution in [0.25, 0.3) is 16.6 Å². The maximum Gasteiger partial charge on any atom is 0.264 e. The van der Waals surface area contributed by atoms with Crippen LogP contribution in [0, 0.1) is 5.41 Å². The van der Waals surface area contributed by atoms with Crippen LogP contribution in [0.5, 0.6) is 0 Å². The Morgan fingerprint density at radius 3 is 2.56 bits per heavy atom. The lowest BCUT2D eigenvalue weighted by atomic mass is 9.73. The van der Waals surface area contributed by atoms with E-state index >= 15 is 0 Å². The molecule has 1 fully saturated rings. The minimum Gasteiger partial charge on any atom is -0.345 e. The molecule has 6 heteroatoms. The Kier molecular flexibility index (Phi) is 4.74. The first-order chi connectivity index (χ1) is 16.5. The number of H-pyrrole nitrogens is 1.